The van der Waals surface area contributed by atoms with Gasteiger partial charge in [-0.15, -0.1) is 0 Å². The van der Waals surface area contributed by atoms with E-state index in [4.69, 9.17) is 4.74 Å². The van der Waals surface area contributed by atoms with Gasteiger partial charge in [0.25, 0.3) is 0 Å². The van der Waals surface area contributed by atoms with E-state index in [9.17, 15) is 14.0 Å². The molecule has 27 heavy (non-hydrogen) atoms. The van der Waals surface area contributed by atoms with Gasteiger partial charge in [-0.25, -0.2) is 4.39 Å². The Morgan fingerprint density at radius 1 is 1.26 bits per heavy atom. The highest BCUT2D eigenvalue weighted by Gasteiger charge is 2.38. The Morgan fingerprint density at radius 3 is 2.67 bits per heavy atom. The summed E-state index contributed by atoms with van der Waals surface area (Å²) in [5.41, 5.74) is 1.59. The van der Waals surface area contributed by atoms with E-state index in [-0.39, 0.29) is 17.6 Å². The molecule has 5 nitrogen and oxygen atoms in total. The Bertz CT molecular complexity index is 822. The molecule has 0 unspecified atom stereocenters. The van der Waals surface area contributed by atoms with Gasteiger partial charge in [-0.1, -0.05) is 24.3 Å². The van der Waals surface area contributed by atoms with Gasteiger partial charge in [-0.05, 0) is 41.8 Å². The molecule has 0 radical (unpaired) electrons. The van der Waals surface area contributed by atoms with Gasteiger partial charge in [0, 0.05) is 20.0 Å². The summed E-state index contributed by atoms with van der Waals surface area (Å²) in [6.07, 6.45) is 0.752. The Hall–Kier alpha value is -2.89. The molecule has 1 N–H and O–H groups in total. The number of halogens is 1. The summed E-state index contributed by atoms with van der Waals surface area (Å²) in [6, 6.07) is 13.1. The van der Waals surface area contributed by atoms with E-state index in [0.29, 0.717) is 24.9 Å². The lowest BCUT2D eigenvalue weighted by molar-refractivity contribution is -0.141. The number of ether oxygens (including phenoxy) is 1. The lowest BCUT2D eigenvalue weighted by atomic mass is 9.84. The fourth-order valence-electron chi connectivity index (χ4n) is 3.52. The van der Waals surface area contributed by atoms with Crippen LogP contribution in [0.5, 0.6) is 5.75 Å². The van der Waals surface area contributed by atoms with Crippen LogP contribution in [0, 0.1) is 11.7 Å². The van der Waals surface area contributed by atoms with Crippen LogP contribution in [0.3, 0.4) is 0 Å². The van der Waals surface area contributed by atoms with Crippen LogP contribution in [-0.2, 0) is 16.1 Å². The summed E-state index contributed by atoms with van der Waals surface area (Å²) in [7, 11) is 3.27. The second-order valence-corrected chi connectivity index (χ2v) is 6.72. The number of benzene rings is 2. The van der Waals surface area contributed by atoms with Crippen molar-refractivity contribution in [3.8, 4) is 5.75 Å². The van der Waals surface area contributed by atoms with Crippen molar-refractivity contribution in [3.05, 3.63) is 65.5 Å². The Balaban J connectivity index is 1.75. The predicted octanol–water partition coefficient (Wildman–Crippen LogP) is 3.06. The summed E-state index contributed by atoms with van der Waals surface area (Å²) in [6.45, 7) is 0.382. The average molecular weight is 370 g/mol. The number of likely N-dealkylation sites (tertiary alicyclic amines) is 1. The van der Waals surface area contributed by atoms with Crippen LogP contribution in [0.25, 0.3) is 0 Å². The number of methoxy groups -OCH3 is 1. The van der Waals surface area contributed by atoms with Gasteiger partial charge in [0.15, 0.2) is 0 Å². The van der Waals surface area contributed by atoms with Crippen molar-refractivity contribution in [1.82, 2.24) is 10.2 Å². The second kappa shape index (κ2) is 8.20. The van der Waals surface area contributed by atoms with Crippen molar-refractivity contribution >= 4 is 11.8 Å². The number of nitrogens with zero attached hydrogens (tertiary/aromatic N) is 1. The Morgan fingerprint density at radius 2 is 2.00 bits per heavy atom. The first-order chi connectivity index (χ1) is 13.0. The number of carbonyl (C=O) groups excluding carboxylic acids is 2. The van der Waals surface area contributed by atoms with Gasteiger partial charge in [0.1, 0.15) is 11.6 Å². The van der Waals surface area contributed by atoms with Crippen LogP contribution in [-0.4, -0.2) is 30.9 Å². The average Bonchev–Trinajstić information content (AvgIpc) is 2.68. The van der Waals surface area contributed by atoms with Gasteiger partial charge in [-0.2, -0.15) is 0 Å². The van der Waals surface area contributed by atoms with E-state index < -0.39 is 12.0 Å². The summed E-state index contributed by atoms with van der Waals surface area (Å²) in [5, 5.41) is 2.94. The highest BCUT2D eigenvalue weighted by Crippen LogP contribution is 2.36. The Kier molecular flexibility index (Phi) is 5.74. The SMILES string of the molecule is COc1ccc(CNC(=O)[C@@H]2CCC(=O)N(C)[C@@H]2c2cccc(F)c2)cc1. The molecule has 2 aromatic carbocycles. The Labute approximate surface area is 158 Å². The second-order valence-electron chi connectivity index (χ2n) is 6.72. The molecule has 0 saturated carbocycles. The highest BCUT2D eigenvalue weighted by molar-refractivity contribution is 5.84. The minimum absolute atomic E-state index is 0.0385. The van der Waals surface area contributed by atoms with E-state index in [0.717, 1.165) is 11.3 Å². The van der Waals surface area contributed by atoms with Crippen LogP contribution in [0.15, 0.2) is 48.5 Å². The smallest absolute Gasteiger partial charge is 0.225 e. The number of piperidine rings is 1. The van der Waals surface area contributed by atoms with Crippen molar-refractivity contribution in [3.63, 3.8) is 0 Å². The molecule has 6 heteroatoms. The predicted molar refractivity (Wildman–Crippen MR) is 99.5 cm³/mol. The van der Waals surface area contributed by atoms with Crippen molar-refractivity contribution in [2.75, 3.05) is 14.2 Å². The maximum atomic E-state index is 13.7. The summed E-state index contributed by atoms with van der Waals surface area (Å²) < 4.78 is 18.8. The third-order valence-electron chi connectivity index (χ3n) is 5.01. The molecule has 3 rings (SSSR count). The maximum absolute atomic E-state index is 13.7. The van der Waals surface area contributed by atoms with Crippen molar-refractivity contribution in [1.29, 1.82) is 0 Å². The van der Waals surface area contributed by atoms with E-state index in [1.54, 1.807) is 31.2 Å². The van der Waals surface area contributed by atoms with Crippen molar-refractivity contribution in [2.45, 2.75) is 25.4 Å². The molecule has 2 aromatic rings. The zero-order valence-electron chi connectivity index (χ0n) is 15.4. The number of rotatable bonds is 5. The standard InChI is InChI=1S/C21H23FN2O3/c1-24-19(25)11-10-18(20(24)15-4-3-5-16(22)12-15)21(26)23-13-14-6-8-17(27-2)9-7-14/h3-9,12,18,20H,10-11,13H2,1-2H3,(H,23,26)/t18-,20-/m1/s1. The summed E-state index contributed by atoms with van der Waals surface area (Å²) in [4.78, 5) is 26.6. The van der Waals surface area contributed by atoms with E-state index in [2.05, 4.69) is 5.32 Å². The molecular formula is C21H23FN2O3. The first-order valence-electron chi connectivity index (χ1n) is 8.91. The molecule has 142 valence electrons. The van der Waals surface area contributed by atoms with Crippen LogP contribution >= 0.6 is 0 Å². The van der Waals surface area contributed by atoms with Crippen molar-refractivity contribution in [2.24, 2.45) is 5.92 Å². The van der Waals surface area contributed by atoms with Crippen LogP contribution in [0.4, 0.5) is 4.39 Å². The van der Waals surface area contributed by atoms with E-state index >= 15 is 0 Å². The minimum Gasteiger partial charge on any atom is -0.497 e. The third-order valence-corrected chi connectivity index (χ3v) is 5.01. The highest BCUT2D eigenvalue weighted by atomic mass is 19.1. The number of carbonyl (C=O) groups is 2. The molecule has 0 aromatic heterocycles. The first-order valence-corrected chi connectivity index (χ1v) is 8.91. The first kappa shape index (κ1) is 18.9. The van der Waals surface area contributed by atoms with Crippen LogP contribution in [0.2, 0.25) is 0 Å². The zero-order chi connectivity index (χ0) is 19.4. The van der Waals surface area contributed by atoms with Gasteiger partial charge in [0.05, 0.1) is 19.1 Å². The summed E-state index contributed by atoms with van der Waals surface area (Å²) in [5.74, 6) is -0.226. The molecule has 1 fully saturated rings. The normalized spacial score (nSPS) is 19.7. The molecule has 2 atom stereocenters. The molecule has 2 amide bonds. The fraction of sp³-hybridized carbons (Fsp3) is 0.333. The summed E-state index contributed by atoms with van der Waals surface area (Å²) >= 11 is 0. The monoisotopic (exact) mass is 370 g/mol. The number of hydrogen-bond acceptors (Lipinski definition) is 3. The van der Waals surface area contributed by atoms with Gasteiger partial charge in [-0.3, -0.25) is 9.59 Å². The molecule has 1 saturated heterocycles. The fourth-order valence-corrected chi connectivity index (χ4v) is 3.52. The van der Waals surface area contributed by atoms with Crippen LogP contribution in [0.1, 0.15) is 30.0 Å². The maximum Gasteiger partial charge on any atom is 0.225 e. The topological polar surface area (TPSA) is 58.6 Å². The van der Waals surface area contributed by atoms with Gasteiger partial charge in [0.2, 0.25) is 11.8 Å². The van der Waals surface area contributed by atoms with Gasteiger partial charge >= 0.3 is 0 Å². The van der Waals surface area contributed by atoms with E-state index in [1.807, 2.05) is 24.3 Å². The molecule has 1 heterocycles. The lowest BCUT2D eigenvalue weighted by Crippen LogP contribution is -2.46. The lowest BCUT2D eigenvalue weighted by Gasteiger charge is -2.38. The number of hydrogen-bond donors (Lipinski definition) is 1. The van der Waals surface area contributed by atoms with Gasteiger partial charge < -0.3 is 15.0 Å². The third kappa shape index (κ3) is 4.27. The molecule has 1 aliphatic rings. The quantitative estimate of drug-likeness (QED) is 0.880. The largest absolute Gasteiger partial charge is 0.497 e. The molecular weight excluding hydrogens is 347 g/mol. The minimum atomic E-state index is -0.474. The molecule has 0 bridgehead atoms. The number of amides is 2. The van der Waals surface area contributed by atoms with E-state index in [1.165, 1.54) is 12.1 Å². The van der Waals surface area contributed by atoms with Crippen LogP contribution < -0.4 is 10.1 Å². The van der Waals surface area contributed by atoms with Crippen molar-refractivity contribution < 1.29 is 18.7 Å². The molecule has 0 spiro atoms. The molecule has 0 aliphatic carbocycles. The zero-order valence-corrected chi connectivity index (χ0v) is 15.4. The molecule has 1 aliphatic heterocycles. The number of nitrogens with one attached hydrogen (secondary N) is 1.